The standard InChI is InChI=1S/C17H19NO3/c19-17(20)15-11-18-16(14-10-6-5-9-13(14)15)21-12-7-3-1-2-4-8-12/h5-6,9-12H,1-4,7-8H2,(H,19,20). The Morgan fingerprint density at radius 3 is 2.43 bits per heavy atom. The summed E-state index contributed by atoms with van der Waals surface area (Å²) in [5.74, 6) is -0.401. The van der Waals surface area contributed by atoms with Crippen molar-refractivity contribution >= 4 is 16.7 Å². The van der Waals surface area contributed by atoms with Gasteiger partial charge in [-0.1, -0.05) is 31.0 Å². The second-order valence-electron chi connectivity index (χ2n) is 5.56. The summed E-state index contributed by atoms with van der Waals surface area (Å²) in [4.78, 5) is 15.5. The Morgan fingerprint density at radius 1 is 1.10 bits per heavy atom. The zero-order valence-corrected chi connectivity index (χ0v) is 11.9. The van der Waals surface area contributed by atoms with Crippen molar-refractivity contribution in [2.45, 2.75) is 44.6 Å². The van der Waals surface area contributed by atoms with Crippen LogP contribution in [0, 0.1) is 0 Å². The van der Waals surface area contributed by atoms with Gasteiger partial charge >= 0.3 is 5.97 Å². The molecule has 4 nitrogen and oxygen atoms in total. The molecule has 21 heavy (non-hydrogen) atoms. The lowest BCUT2D eigenvalue weighted by Crippen LogP contribution is -2.16. The molecule has 0 spiro atoms. The third kappa shape index (κ3) is 2.99. The van der Waals surface area contributed by atoms with Crippen molar-refractivity contribution in [3.8, 4) is 5.88 Å². The first-order valence-corrected chi connectivity index (χ1v) is 7.53. The Morgan fingerprint density at radius 2 is 1.76 bits per heavy atom. The molecule has 0 atom stereocenters. The Hall–Kier alpha value is -2.10. The summed E-state index contributed by atoms with van der Waals surface area (Å²) in [6.07, 6.45) is 8.62. The van der Waals surface area contributed by atoms with E-state index >= 15 is 0 Å². The van der Waals surface area contributed by atoms with Crippen molar-refractivity contribution in [1.29, 1.82) is 0 Å². The zero-order valence-electron chi connectivity index (χ0n) is 11.9. The predicted molar refractivity (Wildman–Crippen MR) is 80.8 cm³/mol. The Kier molecular flexibility index (Phi) is 4.04. The molecule has 0 unspecified atom stereocenters. The van der Waals surface area contributed by atoms with Gasteiger partial charge < -0.3 is 9.84 Å². The van der Waals surface area contributed by atoms with Gasteiger partial charge in [0.2, 0.25) is 5.88 Å². The van der Waals surface area contributed by atoms with Gasteiger partial charge in [0.15, 0.2) is 0 Å². The molecule has 1 aliphatic rings. The second-order valence-corrected chi connectivity index (χ2v) is 5.56. The number of hydrogen-bond donors (Lipinski definition) is 1. The molecule has 110 valence electrons. The highest BCUT2D eigenvalue weighted by Crippen LogP contribution is 2.29. The van der Waals surface area contributed by atoms with E-state index in [1.165, 1.54) is 31.9 Å². The van der Waals surface area contributed by atoms with Crippen molar-refractivity contribution < 1.29 is 14.6 Å². The smallest absolute Gasteiger partial charge is 0.337 e. The molecule has 0 radical (unpaired) electrons. The van der Waals surface area contributed by atoms with Crippen molar-refractivity contribution in [1.82, 2.24) is 4.98 Å². The molecule has 1 saturated carbocycles. The van der Waals surface area contributed by atoms with Crippen molar-refractivity contribution in [3.05, 3.63) is 36.0 Å². The van der Waals surface area contributed by atoms with Crippen LogP contribution in [0.25, 0.3) is 10.8 Å². The Balaban J connectivity index is 1.95. The minimum absolute atomic E-state index is 0.194. The third-order valence-electron chi connectivity index (χ3n) is 4.07. The summed E-state index contributed by atoms with van der Waals surface area (Å²) in [5, 5.41) is 10.7. The van der Waals surface area contributed by atoms with Gasteiger partial charge in [0.1, 0.15) is 6.10 Å². The highest BCUT2D eigenvalue weighted by Gasteiger charge is 2.18. The van der Waals surface area contributed by atoms with Crippen LogP contribution < -0.4 is 4.74 Å². The van der Waals surface area contributed by atoms with E-state index in [4.69, 9.17) is 4.74 Å². The fourth-order valence-electron chi connectivity index (χ4n) is 2.95. The first kappa shape index (κ1) is 13.9. The normalized spacial score (nSPS) is 16.6. The highest BCUT2D eigenvalue weighted by molar-refractivity contribution is 6.04. The number of ether oxygens (including phenoxy) is 1. The molecule has 0 aliphatic heterocycles. The van der Waals surface area contributed by atoms with E-state index in [2.05, 4.69) is 4.98 Å². The number of pyridine rings is 1. The fraction of sp³-hybridized carbons (Fsp3) is 0.412. The van der Waals surface area contributed by atoms with Crippen LogP contribution in [-0.2, 0) is 0 Å². The monoisotopic (exact) mass is 285 g/mol. The van der Waals surface area contributed by atoms with E-state index < -0.39 is 5.97 Å². The second kappa shape index (κ2) is 6.12. The number of aromatic nitrogens is 1. The number of carboxylic acid groups (broad SMARTS) is 1. The van der Waals surface area contributed by atoms with Gasteiger partial charge in [0, 0.05) is 17.0 Å². The zero-order chi connectivity index (χ0) is 14.7. The molecule has 1 heterocycles. The van der Waals surface area contributed by atoms with Gasteiger partial charge in [0.25, 0.3) is 0 Å². The molecule has 1 aromatic heterocycles. The number of fused-ring (bicyclic) bond motifs is 1. The van der Waals surface area contributed by atoms with E-state index in [-0.39, 0.29) is 11.7 Å². The van der Waals surface area contributed by atoms with Crippen molar-refractivity contribution in [2.75, 3.05) is 0 Å². The largest absolute Gasteiger partial charge is 0.478 e. The van der Waals surface area contributed by atoms with Gasteiger partial charge in [0.05, 0.1) is 5.56 Å². The van der Waals surface area contributed by atoms with E-state index in [1.54, 1.807) is 6.07 Å². The van der Waals surface area contributed by atoms with Crippen LogP contribution in [0.5, 0.6) is 5.88 Å². The third-order valence-corrected chi connectivity index (χ3v) is 4.07. The maximum atomic E-state index is 11.3. The molecule has 1 aliphatic carbocycles. The molecule has 1 fully saturated rings. The van der Waals surface area contributed by atoms with Crippen LogP contribution in [0.4, 0.5) is 0 Å². The number of carbonyl (C=O) groups is 1. The maximum Gasteiger partial charge on any atom is 0.337 e. The Labute approximate surface area is 123 Å². The number of carboxylic acids is 1. The summed E-state index contributed by atoms with van der Waals surface area (Å²) >= 11 is 0. The molecule has 3 rings (SSSR count). The summed E-state index contributed by atoms with van der Waals surface area (Å²) in [6.45, 7) is 0. The number of rotatable bonds is 3. The summed E-state index contributed by atoms with van der Waals surface area (Å²) in [7, 11) is 0. The van der Waals surface area contributed by atoms with Crippen LogP contribution >= 0.6 is 0 Å². The first-order chi connectivity index (χ1) is 10.3. The molecule has 4 heteroatoms. The van der Waals surface area contributed by atoms with E-state index in [9.17, 15) is 9.90 Å². The summed E-state index contributed by atoms with van der Waals surface area (Å²) < 4.78 is 6.08. The molecular formula is C17H19NO3. The van der Waals surface area contributed by atoms with Gasteiger partial charge in [-0.15, -0.1) is 0 Å². The molecule has 0 saturated heterocycles. The Bertz CT molecular complexity index is 646. The lowest BCUT2D eigenvalue weighted by Gasteiger charge is -2.17. The van der Waals surface area contributed by atoms with E-state index in [0.29, 0.717) is 11.3 Å². The minimum Gasteiger partial charge on any atom is -0.478 e. The number of nitrogens with zero attached hydrogens (tertiary/aromatic N) is 1. The average molecular weight is 285 g/mol. The van der Waals surface area contributed by atoms with Crippen LogP contribution in [-0.4, -0.2) is 22.2 Å². The molecule has 1 N–H and O–H groups in total. The lowest BCUT2D eigenvalue weighted by molar-refractivity contribution is 0.0698. The number of aromatic carboxylic acids is 1. The molecule has 0 amide bonds. The summed E-state index contributed by atoms with van der Waals surface area (Å²) in [5.41, 5.74) is 0.221. The van der Waals surface area contributed by atoms with Crippen molar-refractivity contribution in [3.63, 3.8) is 0 Å². The fourth-order valence-corrected chi connectivity index (χ4v) is 2.95. The highest BCUT2D eigenvalue weighted by atomic mass is 16.5. The molecule has 1 aromatic carbocycles. The number of benzene rings is 1. The van der Waals surface area contributed by atoms with Gasteiger partial charge in [-0.25, -0.2) is 9.78 Å². The van der Waals surface area contributed by atoms with Gasteiger partial charge in [-0.2, -0.15) is 0 Å². The van der Waals surface area contributed by atoms with E-state index in [0.717, 1.165) is 18.2 Å². The SMILES string of the molecule is O=C(O)c1cnc(OC2CCCCCC2)c2ccccc12. The maximum absolute atomic E-state index is 11.3. The van der Waals surface area contributed by atoms with Crippen LogP contribution in [0.1, 0.15) is 48.9 Å². The van der Waals surface area contributed by atoms with Crippen LogP contribution in [0.2, 0.25) is 0 Å². The lowest BCUT2D eigenvalue weighted by atomic mass is 10.1. The van der Waals surface area contributed by atoms with Gasteiger partial charge in [-0.05, 0) is 31.7 Å². The topological polar surface area (TPSA) is 59.4 Å². The minimum atomic E-state index is -0.959. The van der Waals surface area contributed by atoms with Crippen LogP contribution in [0.15, 0.2) is 30.5 Å². The predicted octanol–water partition coefficient (Wildman–Crippen LogP) is 4.03. The first-order valence-electron chi connectivity index (χ1n) is 7.53. The summed E-state index contributed by atoms with van der Waals surface area (Å²) in [6, 6.07) is 7.40. The quantitative estimate of drug-likeness (QED) is 0.865. The molecule has 2 aromatic rings. The van der Waals surface area contributed by atoms with Crippen molar-refractivity contribution in [2.24, 2.45) is 0 Å². The van der Waals surface area contributed by atoms with Gasteiger partial charge in [-0.3, -0.25) is 0 Å². The molecular weight excluding hydrogens is 266 g/mol. The number of hydrogen-bond acceptors (Lipinski definition) is 3. The molecule has 0 bridgehead atoms. The average Bonchev–Trinajstić information content (AvgIpc) is 2.76. The van der Waals surface area contributed by atoms with E-state index in [1.807, 2.05) is 18.2 Å². The van der Waals surface area contributed by atoms with Crippen LogP contribution in [0.3, 0.4) is 0 Å².